The van der Waals surface area contributed by atoms with E-state index in [1.807, 2.05) is 42.5 Å². The molecule has 1 heterocycles. The number of nitrogens with one attached hydrogen (secondary N) is 1. The van der Waals surface area contributed by atoms with Crippen molar-refractivity contribution in [2.45, 2.75) is 0 Å². The van der Waals surface area contributed by atoms with Gasteiger partial charge in [-0.3, -0.25) is 4.79 Å². The van der Waals surface area contributed by atoms with E-state index in [-0.39, 0.29) is 5.91 Å². The minimum atomic E-state index is -0.162. The third-order valence-corrected chi connectivity index (χ3v) is 3.99. The lowest BCUT2D eigenvalue weighted by Crippen LogP contribution is -2.11. The van der Waals surface area contributed by atoms with E-state index >= 15 is 0 Å². The number of furan rings is 1. The van der Waals surface area contributed by atoms with Gasteiger partial charge < -0.3 is 14.5 Å². The Kier molecular flexibility index (Phi) is 3.43. The summed E-state index contributed by atoms with van der Waals surface area (Å²) in [6.07, 6.45) is 0. The summed E-state index contributed by atoms with van der Waals surface area (Å²) in [6.45, 7) is 0. The highest BCUT2D eigenvalue weighted by Crippen LogP contribution is 2.30. The van der Waals surface area contributed by atoms with Gasteiger partial charge in [-0.15, -0.1) is 0 Å². The van der Waals surface area contributed by atoms with E-state index in [4.69, 9.17) is 9.15 Å². The molecule has 0 aliphatic heterocycles. The van der Waals surface area contributed by atoms with E-state index in [1.54, 1.807) is 31.4 Å². The monoisotopic (exact) mass is 317 g/mol. The fraction of sp³-hybridized carbons (Fsp3) is 0.0500. The van der Waals surface area contributed by atoms with Crippen molar-refractivity contribution in [1.82, 2.24) is 0 Å². The summed E-state index contributed by atoms with van der Waals surface area (Å²) >= 11 is 0. The van der Waals surface area contributed by atoms with E-state index < -0.39 is 0 Å². The van der Waals surface area contributed by atoms with Crippen LogP contribution in [0.25, 0.3) is 21.9 Å². The molecule has 0 saturated carbocycles. The van der Waals surface area contributed by atoms with Crippen LogP contribution in [0.5, 0.6) is 5.75 Å². The molecule has 4 heteroatoms. The van der Waals surface area contributed by atoms with Crippen molar-refractivity contribution >= 4 is 33.5 Å². The summed E-state index contributed by atoms with van der Waals surface area (Å²) in [6, 6.07) is 20.5. The highest BCUT2D eigenvalue weighted by atomic mass is 16.5. The van der Waals surface area contributed by atoms with Crippen molar-refractivity contribution in [2.24, 2.45) is 0 Å². The zero-order valence-electron chi connectivity index (χ0n) is 13.1. The van der Waals surface area contributed by atoms with Gasteiger partial charge >= 0.3 is 0 Å². The first kappa shape index (κ1) is 14.3. The molecule has 0 aliphatic rings. The normalized spacial score (nSPS) is 10.9. The van der Waals surface area contributed by atoms with E-state index in [2.05, 4.69) is 5.32 Å². The van der Waals surface area contributed by atoms with Gasteiger partial charge in [-0.2, -0.15) is 0 Å². The lowest BCUT2D eigenvalue weighted by Gasteiger charge is -2.06. The van der Waals surface area contributed by atoms with E-state index in [0.29, 0.717) is 5.56 Å². The number of carbonyl (C=O) groups excluding carboxylic acids is 1. The molecule has 24 heavy (non-hydrogen) atoms. The topological polar surface area (TPSA) is 51.5 Å². The molecule has 1 N–H and O–H groups in total. The Morgan fingerprint density at radius 1 is 0.917 bits per heavy atom. The lowest BCUT2D eigenvalue weighted by molar-refractivity contribution is 0.102. The Labute approximate surface area is 138 Å². The quantitative estimate of drug-likeness (QED) is 0.588. The molecule has 4 rings (SSSR count). The molecular weight excluding hydrogens is 302 g/mol. The third-order valence-electron chi connectivity index (χ3n) is 3.99. The number of anilines is 1. The number of para-hydroxylation sites is 1. The number of hydrogen-bond acceptors (Lipinski definition) is 3. The van der Waals surface area contributed by atoms with Crippen LogP contribution in [0.15, 0.2) is 71.1 Å². The summed E-state index contributed by atoms with van der Waals surface area (Å²) in [7, 11) is 1.60. The van der Waals surface area contributed by atoms with Gasteiger partial charge in [0.2, 0.25) is 0 Å². The van der Waals surface area contributed by atoms with E-state index in [0.717, 1.165) is 33.4 Å². The van der Waals surface area contributed by atoms with Gasteiger partial charge in [-0.05, 0) is 48.5 Å². The smallest absolute Gasteiger partial charge is 0.255 e. The number of amides is 1. The zero-order valence-corrected chi connectivity index (χ0v) is 13.1. The molecule has 0 aliphatic carbocycles. The number of rotatable bonds is 3. The molecule has 4 nitrogen and oxygen atoms in total. The molecule has 0 radical (unpaired) electrons. The van der Waals surface area contributed by atoms with Crippen molar-refractivity contribution in [3.05, 3.63) is 72.3 Å². The van der Waals surface area contributed by atoms with Gasteiger partial charge in [0.05, 0.1) is 7.11 Å². The largest absolute Gasteiger partial charge is 0.497 e. The Morgan fingerprint density at radius 3 is 2.46 bits per heavy atom. The molecule has 0 spiro atoms. The van der Waals surface area contributed by atoms with Crippen LogP contribution in [-0.2, 0) is 0 Å². The molecule has 0 fully saturated rings. The summed E-state index contributed by atoms with van der Waals surface area (Å²) in [5, 5.41) is 4.94. The molecular formula is C20H15NO3. The van der Waals surface area contributed by atoms with Crippen LogP contribution >= 0.6 is 0 Å². The predicted molar refractivity (Wildman–Crippen MR) is 94.7 cm³/mol. The van der Waals surface area contributed by atoms with Gasteiger partial charge in [-0.1, -0.05) is 18.2 Å². The summed E-state index contributed by atoms with van der Waals surface area (Å²) in [5.41, 5.74) is 2.95. The average Bonchev–Trinajstić information content (AvgIpc) is 3.00. The van der Waals surface area contributed by atoms with Gasteiger partial charge in [0, 0.05) is 22.0 Å². The van der Waals surface area contributed by atoms with Crippen molar-refractivity contribution in [2.75, 3.05) is 12.4 Å². The number of benzene rings is 3. The summed E-state index contributed by atoms with van der Waals surface area (Å²) in [5.74, 6) is 0.558. The molecule has 118 valence electrons. The average molecular weight is 317 g/mol. The molecule has 0 atom stereocenters. The zero-order chi connectivity index (χ0) is 16.5. The number of fused-ring (bicyclic) bond motifs is 3. The van der Waals surface area contributed by atoms with Crippen LogP contribution in [0.4, 0.5) is 5.69 Å². The van der Waals surface area contributed by atoms with Gasteiger partial charge in [0.15, 0.2) is 0 Å². The molecule has 1 aromatic heterocycles. The van der Waals surface area contributed by atoms with Crippen LogP contribution < -0.4 is 10.1 Å². The summed E-state index contributed by atoms with van der Waals surface area (Å²) < 4.78 is 10.9. The minimum Gasteiger partial charge on any atom is -0.497 e. The Morgan fingerprint density at radius 2 is 1.67 bits per heavy atom. The second-order valence-electron chi connectivity index (χ2n) is 5.49. The number of hydrogen-bond donors (Lipinski definition) is 1. The maximum atomic E-state index is 12.4. The van der Waals surface area contributed by atoms with Crippen LogP contribution in [0.3, 0.4) is 0 Å². The first-order valence-corrected chi connectivity index (χ1v) is 7.61. The van der Waals surface area contributed by atoms with Gasteiger partial charge in [0.1, 0.15) is 16.9 Å². The SMILES string of the molecule is COc1ccc(C(=O)Nc2ccc3oc4ccccc4c3c2)cc1. The van der Waals surface area contributed by atoms with E-state index in [9.17, 15) is 4.79 Å². The van der Waals surface area contributed by atoms with Crippen molar-refractivity contribution in [3.63, 3.8) is 0 Å². The van der Waals surface area contributed by atoms with Gasteiger partial charge in [-0.25, -0.2) is 0 Å². The number of carbonyl (C=O) groups is 1. The lowest BCUT2D eigenvalue weighted by atomic mass is 10.1. The minimum absolute atomic E-state index is 0.162. The molecule has 0 unspecified atom stereocenters. The number of ether oxygens (including phenoxy) is 1. The summed E-state index contributed by atoms with van der Waals surface area (Å²) in [4.78, 5) is 12.4. The highest BCUT2D eigenvalue weighted by molar-refractivity contribution is 6.09. The fourth-order valence-corrected chi connectivity index (χ4v) is 2.75. The second-order valence-corrected chi connectivity index (χ2v) is 5.49. The molecule has 0 bridgehead atoms. The number of methoxy groups -OCH3 is 1. The fourth-order valence-electron chi connectivity index (χ4n) is 2.75. The molecule has 0 saturated heterocycles. The highest BCUT2D eigenvalue weighted by Gasteiger charge is 2.10. The molecule has 1 amide bonds. The maximum Gasteiger partial charge on any atom is 0.255 e. The maximum absolute atomic E-state index is 12.4. The first-order chi connectivity index (χ1) is 11.7. The van der Waals surface area contributed by atoms with Gasteiger partial charge in [0.25, 0.3) is 5.91 Å². The van der Waals surface area contributed by atoms with E-state index in [1.165, 1.54) is 0 Å². The third kappa shape index (κ3) is 2.48. The second kappa shape index (κ2) is 5.74. The Balaban J connectivity index is 1.66. The Hall–Kier alpha value is -3.27. The van der Waals surface area contributed by atoms with Crippen molar-refractivity contribution in [3.8, 4) is 5.75 Å². The molecule has 4 aromatic rings. The van der Waals surface area contributed by atoms with Crippen molar-refractivity contribution in [1.29, 1.82) is 0 Å². The standard InChI is InChI=1S/C20H15NO3/c1-23-15-9-6-13(7-10-15)20(22)21-14-8-11-19-17(12-14)16-4-2-3-5-18(16)24-19/h2-12H,1H3,(H,21,22). The Bertz CT molecular complexity index is 1030. The van der Waals surface area contributed by atoms with Crippen LogP contribution in [-0.4, -0.2) is 13.0 Å². The van der Waals surface area contributed by atoms with Crippen LogP contribution in [0.2, 0.25) is 0 Å². The predicted octanol–water partition coefficient (Wildman–Crippen LogP) is 4.85. The van der Waals surface area contributed by atoms with Crippen LogP contribution in [0.1, 0.15) is 10.4 Å². The molecule has 3 aromatic carbocycles. The van der Waals surface area contributed by atoms with Crippen molar-refractivity contribution < 1.29 is 13.9 Å². The first-order valence-electron chi connectivity index (χ1n) is 7.61. The van der Waals surface area contributed by atoms with Crippen LogP contribution in [0, 0.1) is 0 Å².